The monoisotopic (exact) mass is 323 g/mol. The highest BCUT2D eigenvalue weighted by Crippen LogP contribution is 2.33. The lowest BCUT2D eigenvalue weighted by Gasteiger charge is -2.28. The average Bonchev–Trinajstić information content (AvgIpc) is 2.95. The molecular weight excluding hydrogens is 302 g/mol. The summed E-state index contributed by atoms with van der Waals surface area (Å²) >= 11 is 1.86. The molecule has 1 aliphatic carbocycles. The molecule has 22 heavy (non-hydrogen) atoms. The van der Waals surface area contributed by atoms with Crippen molar-refractivity contribution in [1.29, 1.82) is 0 Å². The average molecular weight is 323 g/mol. The maximum Gasteiger partial charge on any atom is 0.274 e. The Balaban J connectivity index is 2.21. The standard InChI is InChI=1S/C15H21N3O3S/c1-17(12-4-3-5-14(12)22-2)9-11-7-6-10(15(16)19)8-13(11)18(20)21/h6-8,12,14H,3-5,9H2,1-2H3,(H2,16,19)/t12-,14-/m0/s1. The van der Waals surface area contributed by atoms with Crippen molar-refractivity contribution in [3.05, 3.63) is 39.4 Å². The molecule has 120 valence electrons. The predicted octanol–water partition coefficient (Wildman–Crippen LogP) is 2.41. The van der Waals surface area contributed by atoms with Gasteiger partial charge in [0.2, 0.25) is 5.91 Å². The Labute approximate surface area is 134 Å². The molecule has 0 heterocycles. The minimum Gasteiger partial charge on any atom is -0.366 e. The normalized spacial score (nSPS) is 21.2. The largest absolute Gasteiger partial charge is 0.366 e. The summed E-state index contributed by atoms with van der Waals surface area (Å²) in [5.41, 5.74) is 5.94. The number of carbonyl (C=O) groups is 1. The molecule has 1 fully saturated rings. The third-order valence-corrected chi connectivity index (χ3v) is 5.43. The number of rotatable bonds is 6. The number of primary amides is 1. The highest BCUT2D eigenvalue weighted by molar-refractivity contribution is 7.99. The minimum absolute atomic E-state index is 0.0400. The fourth-order valence-electron chi connectivity index (χ4n) is 3.09. The molecule has 2 atom stereocenters. The van der Waals surface area contributed by atoms with Gasteiger partial charge < -0.3 is 5.73 Å². The van der Waals surface area contributed by atoms with Gasteiger partial charge in [-0.15, -0.1) is 0 Å². The molecule has 0 bridgehead atoms. The van der Waals surface area contributed by atoms with Gasteiger partial charge in [-0.25, -0.2) is 0 Å². The van der Waals surface area contributed by atoms with Crippen molar-refractivity contribution in [2.24, 2.45) is 5.73 Å². The molecule has 1 amide bonds. The van der Waals surface area contributed by atoms with Crippen LogP contribution >= 0.6 is 11.8 Å². The molecule has 0 saturated heterocycles. The van der Waals surface area contributed by atoms with E-state index in [1.54, 1.807) is 12.1 Å². The van der Waals surface area contributed by atoms with Gasteiger partial charge in [0, 0.05) is 35.0 Å². The van der Waals surface area contributed by atoms with Gasteiger partial charge in [-0.1, -0.05) is 12.5 Å². The second-order valence-corrected chi connectivity index (χ2v) is 6.73. The summed E-state index contributed by atoms with van der Waals surface area (Å²) in [6, 6.07) is 4.90. The number of hydrogen-bond donors (Lipinski definition) is 1. The molecule has 2 N–H and O–H groups in total. The van der Waals surface area contributed by atoms with Crippen LogP contribution in [0, 0.1) is 10.1 Å². The number of carbonyl (C=O) groups excluding carboxylic acids is 1. The number of nitrogens with two attached hydrogens (primary N) is 1. The van der Waals surface area contributed by atoms with Crippen molar-refractivity contribution in [3.8, 4) is 0 Å². The number of nitro groups is 1. The Kier molecular flexibility index (Phi) is 5.42. The molecule has 6 nitrogen and oxygen atoms in total. The third-order valence-electron chi connectivity index (χ3n) is 4.27. The highest BCUT2D eigenvalue weighted by Gasteiger charge is 2.30. The van der Waals surface area contributed by atoms with Gasteiger partial charge in [0.15, 0.2) is 0 Å². The van der Waals surface area contributed by atoms with Crippen molar-refractivity contribution in [1.82, 2.24) is 4.90 Å². The van der Waals surface area contributed by atoms with Crippen molar-refractivity contribution in [2.45, 2.75) is 37.1 Å². The summed E-state index contributed by atoms with van der Waals surface area (Å²) in [6.07, 6.45) is 5.62. The first-order chi connectivity index (χ1) is 10.4. The summed E-state index contributed by atoms with van der Waals surface area (Å²) < 4.78 is 0. The SMILES string of the molecule is CS[C@H]1CCC[C@@H]1N(C)Cc1ccc(C(N)=O)cc1[N+](=O)[O-]. The molecule has 1 aliphatic rings. The zero-order chi connectivity index (χ0) is 16.3. The summed E-state index contributed by atoms with van der Waals surface area (Å²) in [7, 11) is 2.00. The second-order valence-electron chi connectivity index (χ2n) is 5.65. The molecule has 0 radical (unpaired) electrons. The van der Waals surface area contributed by atoms with E-state index in [9.17, 15) is 14.9 Å². The summed E-state index contributed by atoms with van der Waals surface area (Å²) in [5, 5.41) is 11.8. The fourth-order valence-corrected chi connectivity index (χ4v) is 4.15. The van der Waals surface area contributed by atoms with Gasteiger partial charge in [-0.05, 0) is 32.2 Å². The minimum atomic E-state index is -0.652. The van der Waals surface area contributed by atoms with E-state index in [2.05, 4.69) is 11.2 Å². The van der Waals surface area contributed by atoms with Crippen molar-refractivity contribution < 1.29 is 9.72 Å². The van der Waals surface area contributed by atoms with Crippen LogP contribution in [-0.2, 0) is 6.54 Å². The molecule has 0 aromatic heterocycles. The number of amides is 1. The number of thioether (sulfide) groups is 1. The third kappa shape index (κ3) is 3.59. The molecule has 1 aromatic rings. The Morgan fingerprint density at radius 3 is 2.82 bits per heavy atom. The van der Waals surface area contributed by atoms with Crippen LogP contribution in [0.4, 0.5) is 5.69 Å². The molecule has 0 unspecified atom stereocenters. The van der Waals surface area contributed by atoms with Crippen LogP contribution in [0.2, 0.25) is 0 Å². The molecule has 0 spiro atoms. The van der Waals surface area contributed by atoms with Crippen molar-refractivity contribution >= 4 is 23.4 Å². The lowest BCUT2D eigenvalue weighted by Crippen LogP contribution is -2.35. The van der Waals surface area contributed by atoms with E-state index in [-0.39, 0.29) is 11.3 Å². The van der Waals surface area contributed by atoms with Crippen LogP contribution in [0.3, 0.4) is 0 Å². The summed E-state index contributed by atoms with van der Waals surface area (Å²) in [6.45, 7) is 0.497. The van der Waals surface area contributed by atoms with Crippen LogP contribution < -0.4 is 5.73 Å². The van der Waals surface area contributed by atoms with E-state index in [0.717, 1.165) is 6.42 Å². The Morgan fingerprint density at radius 2 is 2.23 bits per heavy atom. The van der Waals surface area contributed by atoms with Gasteiger partial charge in [0.05, 0.1) is 4.92 Å². The zero-order valence-corrected chi connectivity index (χ0v) is 13.6. The van der Waals surface area contributed by atoms with Crippen LogP contribution in [-0.4, -0.2) is 40.3 Å². The summed E-state index contributed by atoms with van der Waals surface area (Å²) in [5.74, 6) is -0.652. The fraction of sp³-hybridized carbons (Fsp3) is 0.533. The van der Waals surface area contributed by atoms with E-state index in [4.69, 9.17) is 5.73 Å². The first-order valence-electron chi connectivity index (χ1n) is 7.24. The number of benzene rings is 1. The van der Waals surface area contributed by atoms with Crippen molar-refractivity contribution in [2.75, 3.05) is 13.3 Å². The maximum atomic E-state index is 11.3. The molecule has 0 aliphatic heterocycles. The van der Waals surface area contributed by atoms with E-state index < -0.39 is 10.8 Å². The van der Waals surface area contributed by atoms with Crippen molar-refractivity contribution in [3.63, 3.8) is 0 Å². The van der Waals surface area contributed by atoms with Gasteiger partial charge >= 0.3 is 0 Å². The van der Waals surface area contributed by atoms with Crippen LogP contribution in [0.15, 0.2) is 18.2 Å². The molecule has 1 aromatic carbocycles. The zero-order valence-electron chi connectivity index (χ0n) is 12.8. The van der Waals surface area contributed by atoms with Crippen LogP contribution in [0.1, 0.15) is 35.2 Å². The maximum absolute atomic E-state index is 11.3. The number of hydrogen-bond acceptors (Lipinski definition) is 5. The highest BCUT2D eigenvalue weighted by atomic mass is 32.2. The van der Waals surface area contributed by atoms with Gasteiger partial charge in [-0.2, -0.15) is 11.8 Å². The number of nitrogens with zero attached hydrogens (tertiary/aromatic N) is 2. The predicted molar refractivity (Wildman–Crippen MR) is 88.0 cm³/mol. The van der Waals surface area contributed by atoms with E-state index >= 15 is 0 Å². The Morgan fingerprint density at radius 1 is 1.50 bits per heavy atom. The lowest BCUT2D eigenvalue weighted by molar-refractivity contribution is -0.385. The smallest absolute Gasteiger partial charge is 0.274 e. The first-order valence-corrected chi connectivity index (χ1v) is 8.53. The quantitative estimate of drug-likeness (QED) is 0.641. The molecular formula is C15H21N3O3S. The molecule has 7 heteroatoms. The van der Waals surface area contributed by atoms with E-state index in [1.165, 1.54) is 18.9 Å². The van der Waals surface area contributed by atoms with Crippen LogP contribution in [0.5, 0.6) is 0 Å². The summed E-state index contributed by atoms with van der Waals surface area (Å²) in [4.78, 5) is 24.2. The topological polar surface area (TPSA) is 89.5 Å². The Bertz CT molecular complexity index is 579. The van der Waals surface area contributed by atoms with E-state index in [1.807, 2.05) is 18.8 Å². The van der Waals surface area contributed by atoms with Crippen LogP contribution in [0.25, 0.3) is 0 Å². The van der Waals surface area contributed by atoms with Gasteiger partial charge in [0.25, 0.3) is 5.69 Å². The van der Waals surface area contributed by atoms with Gasteiger partial charge in [0.1, 0.15) is 0 Å². The van der Waals surface area contributed by atoms with E-state index in [0.29, 0.717) is 23.4 Å². The Hall–Kier alpha value is -1.60. The number of nitro benzene ring substituents is 1. The molecule has 1 saturated carbocycles. The second kappa shape index (κ2) is 7.11. The first kappa shape index (κ1) is 16.8. The lowest BCUT2D eigenvalue weighted by atomic mass is 10.1. The van der Waals surface area contributed by atoms with Gasteiger partial charge in [-0.3, -0.25) is 19.8 Å². The molecule has 2 rings (SSSR count).